The van der Waals surface area contributed by atoms with Gasteiger partial charge in [0, 0.05) is 25.7 Å². The highest BCUT2D eigenvalue weighted by molar-refractivity contribution is 5.96. The number of nitrogens with one attached hydrogen (secondary N) is 2. The van der Waals surface area contributed by atoms with Gasteiger partial charge in [-0.15, -0.1) is 0 Å². The van der Waals surface area contributed by atoms with Gasteiger partial charge in [0.25, 0.3) is 0 Å². The molecule has 3 heterocycles. The number of urea groups is 1. The van der Waals surface area contributed by atoms with Crippen LogP contribution in [0.2, 0.25) is 0 Å². The Balaban J connectivity index is 1.60. The molecule has 0 aliphatic carbocycles. The van der Waals surface area contributed by atoms with Gasteiger partial charge < -0.3 is 10.6 Å². The first-order chi connectivity index (χ1) is 8.66. The highest BCUT2D eigenvalue weighted by Crippen LogP contribution is 2.31. The maximum atomic E-state index is 12.1. The van der Waals surface area contributed by atoms with Crippen LogP contribution in [0.1, 0.15) is 6.92 Å². The van der Waals surface area contributed by atoms with Crippen molar-refractivity contribution in [2.24, 2.45) is 11.8 Å². The lowest BCUT2D eigenvalue weighted by Gasteiger charge is -2.25. The zero-order chi connectivity index (χ0) is 12.7. The van der Waals surface area contributed by atoms with Crippen LogP contribution < -0.4 is 10.6 Å². The Kier molecular flexibility index (Phi) is 2.99. The molecule has 0 spiro atoms. The van der Waals surface area contributed by atoms with Crippen molar-refractivity contribution < 1.29 is 9.59 Å². The van der Waals surface area contributed by atoms with E-state index in [2.05, 4.69) is 22.5 Å². The zero-order valence-electron chi connectivity index (χ0n) is 10.7. The lowest BCUT2D eigenvalue weighted by atomic mass is 9.95. The fourth-order valence-corrected chi connectivity index (χ4v) is 3.43. The summed E-state index contributed by atoms with van der Waals surface area (Å²) in [5.41, 5.74) is 0. The number of hydrogen-bond donors (Lipinski definition) is 2. The third-order valence-electron chi connectivity index (χ3n) is 4.55. The molecule has 100 valence electrons. The van der Waals surface area contributed by atoms with E-state index in [1.165, 1.54) is 4.90 Å². The molecule has 0 aromatic rings. The minimum atomic E-state index is -0.242. The van der Waals surface area contributed by atoms with E-state index in [9.17, 15) is 9.59 Å². The number of rotatable bonds is 2. The Morgan fingerprint density at radius 1 is 1.44 bits per heavy atom. The van der Waals surface area contributed by atoms with Crippen LogP contribution in [0.15, 0.2) is 0 Å². The number of carbonyl (C=O) groups excluding carboxylic acids is 2. The van der Waals surface area contributed by atoms with Gasteiger partial charge in [-0.3, -0.25) is 14.6 Å². The van der Waals surface area contributed by atoms with Crippen molar-refractivity contribution in [3.63, 3.8) is 0 Å². The minimum Gasteiger partial charge on any atom is -0.336 e. The maximum absolute atomic E-state index is 12.1. The minimum absolute atomic E-state index is 0.0650. The molecule has 0 saturated carbocycles. The van der Waals surface area contributed by atoms with E-state index in [4.69, 9.17) is 0 Å². The predicted octanol–water partition coefficient (Wildman–Crippen LogP) is -0.922. The number of fused-ring (bicyclic) bond motifs is 1. The van der Waals surface area contributed by atoms with Crippen LogP contribution in [-0.4, -0.2) is 67.0 Å². The smallest absolute Gasteiger partial charge is 0.324 e. The molecule has 6 nitrogen and oxygen atoms in total. The van der Waals surface area contributed by atoms with E-state index < -0.39 is 0 Å². The number of carbonyl (C=O) groups is 2. The fraction of sp³-hybridized carbons (Fsp3) is 0.833. The molecule has 3 aliphatic heterocycles. The third-order valence-corrected chi connectivity index (χ3v) is 4.55. The molecule has 3 amide bonds. The number of amides is 3. The standard InChI is InChI=1S/C12H20N4O2/c1-8-10-5-13-4-9(10)6-15(8)7-11(17)16-3-2-14-12(16)18/h8-10,13H,2-7H2,1H3,(H,14,18). The van der Waals surface area contributed by atoms with Crippen LogP contribution in [0.25, 0.3) is 0 Å². The van der Waals surface area contributed by atoms with Crippen molar-refractivity contribution in [2.45, 2.75) is 13.0 Å². The van der Waals surface area contributed by atoms with Gasteiger partial charge in [0.15, 0.2) is 0 Å². The van der Waals surface area contributed by atoms with E-state index in [0.717, 1.165) is 19.6 Å². The molecule has 0 radical (unpaired) electrons. The summed E-state index contributed by atoms with van der Waals surface area (Å²) in [6.45, 7) is 6.74. The molecule has 0 bridgehead atoms. The molecule has 3 unspecified atom stereocenters. The highest BCUT2D eigenvalue weighted by Gasteiger charge is 2.42. The van der Waals surface area contributed by atoms with E-state index in [-0.39, 0.29) is 11.9 Å². The lowest BCUT2D eigenvalue weighted by molar-refractivity contribution is -0.129. The third kappa shape index (κ3) is 1.89. The van der Waals surface area contributed by atoms with Gasteiger partial charge in [0.2, 0.25) is 5.91 Å². The summed E-state index contributed by atoms with van der Waals surface area (Å²) in [4.78, 5) is 27.1. The van der Waals surface area contributed by atoms with Crippen LogP contribution in [-0.2, 0) is 4.79 Å². The summed E-state index contributed by atoms with van der Waals surface area (Å²) >= 11 is 0. The van der Waals surface area contributed by atoms with Crippen molar-refractivity contribution in [1.29, 1.82) is 0 Å². The summed E-state index contributed by atoms with van der Waals surface area (Å²) in [7, 11) is 0. The quantitative estimate of drug-likeness (QED) is 0.667. The summed E-state index contributed by atoms with van der Waals surface area (Å²) < 4.78 is 0. The average molecular weight is 252 g/mol. The topological polar surface area (TPSA) is 64.7 Å². The Morgan fingerprint density at radius 2 is 2.28 bits per heavy atom. The normalized spacial score (nSPS) is 35.9. The first kappa shape index (κ1) is 11.9. The monoisotopic (exact) mass is 252 g/mol. The fourth-order valence-electron chi connectivity index (χ4n) is 3.43. The molecule has 3 fully saturated rings. The molecular formula is C12H20N4O2. The van der Waals surface area contributed by atoms with Crippen molar-refractivity contribution in [1.82, 2.24) is 20.4 Å². The summed E-state index contributed by atoms with van der Waals surface area (Å²) in [5.74, 6) is 1.26. The van der Waals surface area contributed by atoms with Gasteiger partial charge in [-0.1, -0.05) is 0 Å². The zero-order valence-corrected chi connectivity index (χ0v) is 10.7. The number of likely N-dealkylation sites (tertiary alicyclic amines) is 1. The van der Waals surface area contributed by atoms with Gasteiger partial charge in [0.1, 0.15) is 0 Å². The number of imide groups is 1. The first-order valence-corrected chi connectivity index (χ1v) is 6.70. The van der Waals surface area contributed by atoms with Crippen molar-refractivity contribution in [3.05, 3.63) is 0 Å². The number of hydrogen-bond acceptors (Lipinski definition) is 4. The molecule has 3 saturated heterocycles. The van der Waals surface area contributed by atoms with Gasteiger partial charge in [0.05, 0.1) is 6.54 Å². The predicted molar refractivity (Wildman–Crippen MR) is 66.0 cm³/mol. The first-order valence-electron chi connectivity index (χ1n) is 6.70. The molecule has 0 aromatic carbocycles. The summed E-state index contributed by atoms with van der Waals surface area (Å²) in [6, 6.07) is 0.188. The van der Waals surface area contributed by atoms with E-state index >= 15 is 0 Å². The maximum Gasteiger partial charge on any atom is 0.324 e. The van der Waals surface area contributed by atoms with Crippen LogP contribution in [0.5, 0.6) is 0 Å². The van der Waals surface area contributed by atoms with Crippen molar-refractivity contribution >= 4 is 11.9 Å². The molecule has 3 atom stereocenters. The van der Waals surface area contributed by atoms with Crippen LogP contribution in [0.4, 0.5) is 4.79 Å². The molecule has 3 rings (SSSR count). The Bertz CT molecular complexity index is 373. The Labute approximate surface area is 107 Å². The molecule has 6 heteroatoms. The van der Waals surface area contributed by atoms with E-state index in [1.807, 2.05) is 0 Å². The van der Waals surface area contributed by atoms with Crippen LogP contribution in [0, 0.1) is 11.8 Å². The molecule has 0 aromatic heterocycles. The molecular weight excluding hydrogens is 232 g/mol. The van der Waals surface area contributed by atoms with Crippen LogP contribution in [0.3, 0.4) is 0 Å². The summed E-state index contributed by atoms with van der Waals surface area (Å²) in [6.07, 6.45) is 0. The van der Waals surface area contributed by atoms with Crippen LogP contribution >= 0.6 is 0 Å². The van der Waals surface area contributed by atoms with E-state index in [1.54, 1.807) is 0 Å². The SMILES string of the molecule is CC1C2CNCC2CN1CC(=O)N1CCNC1=O. The Morgan fingerprint density at radius 3 is 2.94 bits per heavy atom. The summed E-state index contributed by atoms with van der Waals surface area (Å²) in [5, 5.41) is 6.07. The second-order valence-electron chi connectivity index (χ2n) is 5.53. The lowest BCUT2D eigenvalue weighted by Crippen LogP contribution is -2.44. The largest absolute Gasteiger partial charge is 0.336 e. The molecule has 3 aliphatic rings. The second-order valence-corrected chi connectivity index (χ2v) is 5.53. The van der Waals surface area contributed by atoms with Gasteiger partial charge in [-0.2, -0.15) is 0 Å². The van der Waals surface area contributed by atoms with Gasteiger partial charge in [-0.25, -0.2) is 4.79 Å². The molecule has 2 N–H and O–H groups in total. The van der Waals surface area contributed by atoms with Gasteiger partial charge >= 0.3 is 6.03 Å². The second kappa shape index (κ2) is 4.51. The average Bonchev–Trinajstić information content (AvgIpc) is 3.00. The molecule has 18 heavy (non-hydrogen) atoms. The van der Waals surface area contributed by atoms with Gasteiger partial charge in [-0.05, 0) is 31.8 Å². The van der Waals surface area contributed by atoms with Crippen molar-refractivity contribution in [3.8, 4) is 0 Å². The Hall–Kier alpha value is -1.14. The highest BCUT2D eigenvalue weighted by atomic mass is 16.2. The number of nitrogens with zero attached hydrogens (tertiary/aromatic N) is 2. The van der Waals surface area contributed by atoms with Crippen molar-refractivity contribution in [2.75, 3.05) is 39.3 Å². The van der Waals surface area contributed by atoms with E-state index in [0.29, 0.717) is 37.5 Å².